The largest absolute Gasteiger partial charge is 0.462 e. The first-order chi connectivity index (χ1) is 13.4. The van der Waals surface area contributed by atoms with Crippen molar-refractivity contribution in [3.8, 4) is 0 Å². The smallest absolute Gasteiger partial charge is 0.339 e. The number of carbonyl (C=O) groups excluding carboxylic acids is 2. The van der Waals surface area contributed by atoms with Gasteiger partial charge in [0.05, 0.1) is 24.3 Å². The van der Waals surface area contributed by atoms with Crippen molar-refractivity contribution in [1.82, 2.24) is 0 Å². The summed E-state index contributed by atoms with van der Waals surface area (Å²) in [5.74, 6) is 0.440. The highest BCUT2D eigenvalue weighted by atomic mass is 16.5. The number of esters is 2. The van der Waals surface area contributed by atoms with Crippen molar-refractivity contribution in [2.24, 2.45) is 11.8 Å². The van der Waals surface area contributed by atoms with Crippen LogP contribution in [0.2, 0.25) is 0 Å². The molecule has 28 heavy (non-hydrogen) atoms. The summed E-state index contributed by atoms with van der Waals surface area (Å²) in [5.41, 5.74) is 0.569. The van der Waals surface area contributed by atoms with Crippen LogP contribution in [0.3, 0.4) is 0 Å². The number of ether oxygens (including phenoxy) is 2. The molecule has 0 saturated heterocycles. The molecule has 0 unspecified atom stereocenters. The van der Waals surface area contributed by atoms with Crippen LogP contribution >= 0.6 is 0 Å². The lowest BCUT2D eigenvalue weighted by Crippen LogP contribution is -2.15. The van der Waals surface area contributed by atoms with E-state index in [1.54, 1.807) is 24.3 Å². The standard InChI is InChI=1S/C24H38O4/c1-19(2)13-8-6-5-7-11-17-27-23(25)21-15-9-10-16-22(21)24(26)28-18-12-14-20(3)4/h9-10,15-16,19-20H,5-8,11-14,17-18H2,1-4H3. The molecule has 0 aliphatic rings. The summed E-state index contributed by atoms with van der Waals surface area (Å²) in [6.07, 6.45) is 8.70. The number of rotatable bonds is 14. The van der Waals surface area contributed by atoms with E-state index in [1.165, 1.54) is 25.7 Å². The van der Waals surface area contributed by atoms with Crippen LogP contribution in [0.15, 0.2) is 24.3 Å². The number of carbonyl (C=O) groups is 2. The second-order valence-electron chi connectivity index (χ2n) is 8.30. The fourth-order valence-corrected chi connectivity index (χ4v) is 3.00. The van der Waals surface area contributed by atoms with Gasteiger partial charge in [-0.25, -0.2) is 9.59 Å². The van der Waals surface area contributed by atoms with Gasteiger partial charge in [-0.2, -0.15) is 0 Å². The summed E-state index contributed by atoms with van der Waals surface area (Å²) in [7, 11) is 0. The summed E-state index contributed by atoms with van der Waals surface area (Å²) in [6, 6.07) is 6.72. The van der Waals surface area contributed by atoms with Crippen molar-refractivity contribution in [2.45, 2.75) is 79.1 Å². The Hall–Kier alpha value is -1.84. The third-order valence-corrected chi connectivity index (χ3v) is 4.68. The van der Waals surface area contributed by atoms with Crippen LogP contribution < -0.4 is 0 Å². The van der Waals surface area contributed by atoms with Gasteiger partial charge in [-0.15, -0.1) is 0 Å². The third-order valence-electron chi connectivity index (χ3n) is 4.68. The predicted molar refractivity (Wildman–Crippen MR) is 114 cm³/mol. The van der Waals surface area contributed by atoms with Gasteiger partial charge < -0.3 is 9.47 Å². The molecule has 1 aromatic rings. The average molecular weight is 391 g/mol. The fraction of sp³-hybridized carbons (Fsp3) is 0.667. The summed E-state index contributed by atoms with van der Waals surface area (Å²) < 4.78 is 10.7. The van der Waals surface area contributed by atoms with Crippen LogP contribution in [0.4, 0.5) is 0 Å². The third kappa shape index (κ3) is 10.5. The Balaban J connectivity index is 2.35. The van der Waals surface area contributed by atoms with E-state index < -0.39 is 11.9 Å². The Bertz CT molecular complexity index is 578. The van der Waals surface area contributed by atoms with E-state index in [4.69, 9.17) is 9.47 Å². The monoisotopic (exact) mass is 390 g/mol. The van der Waals surface area contributed by atoms with Crippen molar-refractivity contribution in [3.63, 3.8) is 0 Å². The lowest BCUT2D eigenvalue weighted by Gasteiger charge is -2.10. The Morgan fingerprint density at radius 1 is 0.679 bits per heavy atom. The molecular weight excluding hydrogens is 352 g/mol. The molecule has 1 aromatic carbocycles. The number of unbranched alkanes of at least 4 members (excludes halogenated alkanes) is 4. The van der Waals surface area contributed by atoms with Gasteiger partial charge in [-0.3, -0.25) is 0 Å². The van der Waals surface area contributed by atoms with E-state index in [-0.39, 0.29) is 11.1 Å². The minimum absolute atomic E-state index is 0.283. The first-order valence-electron chi connectivity index (χ1n) is 10.8. The lowest BCUT2D eigenvalue weighted by atomic mass is 10.0. The molecule has 0 aromatic heterocycles. The molecule has 0 amide bonds. The Kier molecular flexibility index (Phi) is 12.3. The van der Waals surface area contributed by atoms with Gasteiger partial charge >= 0.3 is 11.9 Å². The van der Waals surface area contributed by atoms with Gasteiger partial charge in [-0.1, -0.05) is 71.9 Å². The molecule has 0 bridgehead atoms. The molecule has 0 saturated carbocycles. The van der Waals surface area contributed by atoms with Gasteiger partial charge in [0.2, 0.25) is 0 Å². The Morgan fingerprint density at radius 3 is 1.64 bits per heavy atom. The highest BCUT2D eigenvalue weighted by Gasteiger charge is 2.18. The molecule has 4 nitrogen and oxygen atoms in total. The van der Waals surface area contributed by atoms with Gasteiger partial charge in [0.15, 0.2) is 0 Å². The molecule has 0 heterocycles. The second kappa shape index (κ2) is 14.2. The number of benzene rings is 1. The maximum absolute atomic E-state index is 12.4. The second-order valence-corrected chi connectivity index (χ2v) is 8.30. The maximum atomic E-state index is 12.4. The minimum atomic E-state index is -0.457. The number of hydrogen-bond acceptors (Lipinski definition) is 4. The SMILES string of the molecule is CC(C)CCCCCCCOC(=O)c1ccccc1C(=O)OCCCC(C)C. The van der Waals surface area contributed by atoms with E-state index in [0.29, 0.717) is 19.1 Å². The molecule has 0 spiro atoms. The first-order valence-corrected chi connectivity index (χ1v) is 10.8. The molecular formula is C24H38O4. The minimum Gasteiger partial charge on any atom is -0.462 e. The highest BCUT2D eigenvalue weighted by Crippen LogP contribution is 2.14. The van der Waals surface area contributed by atoms with Gasteiger partial charge in [-0.05, 0) is 43.2 Å². The Labute approximate surface area is 171 Å². The molecule has 0 aliphatic carbocycles. The summed E-state index contributed by atoms with van der Waals surface area (Å²) in [6.45, 7) is 9.53. The average Bonchev–Trinajstić information content (AvgIpc) is 2.66. The van der Waals surface area contributed by atoms with Crippen molar-refractivity contribution >= 4 is 11.9 Å². The van der Waals surface area contributed by atoms with Crippen LogP contribution in [-0.4, -0.2) is 25.2 Å². The van der Waals surface area contributed by atoms with E-state index in [0.717, 1.165) is 31.6 Å². The maximum Gasteiger partial charge on any atom is 0.339 e. The van der Waals surface area contributed by atoms with Crippen LogP contribution in [0, 0.1) is 11.8 Å². The van der Waals surface area contributed by atoms with E-state index in [9.17, 15) is 9.59 Å². The molecule has 0 atom stereocenters. The topological polar surface area (TPSA) is 52.6 Å². The van der Waals surface area contributed by atoms with Crippen molar-refractivity contribution in [2.75, 3.05) is 13.2 Å². The van der Waals surface area contributed by atoms with Crippen LogP contribution in [0.25, 0.3) is 0 Å². The van der Waals surface area contributed by atoms with Crippen LogP contribution in [0.1, 0.15) is 99.8 Å². The van der Waals surface area contributed by atoms with E-state index in [1.807, 2.05) is 0 Å². The quantitative estimate of drug-likeness (QED) is 0.271. The molecule has 1 rings (SSSR count). The zero-order chi connectivity index (χ0) is 20.8. The summed E-state index contributed by atoms with van der Waals surface area (Å²) in [4.78, 5) is 24.7. The van der Waals surface area contributed by atoms with Crippen molar-refractivity contribution in [3.05, 3.63) is 35.4 Å². The van der Waals surface area contributed by atoms with Gasteiger partial charge in [0, 0.05) is 0 Å². The molecule has 4 heteroatoms. The Morgan fingerprint density at radius 2 is 1.11 bits per heavy atom. The van der Waals surface area contributed by atoms with Crippen molar-refractivity contribution in [1.29, 1.82) is 0 Å². The molecule has 0 N–H and O–H groups in total. The first kappa shape index (κ1) is 24.2. The van der Waals surface area contributed by atoms with Crippen LogP contribution in [0.5, 0.6) is 0 Å². The normalized spacial score (nSPS) is 11.1. The molecule has 0 aliphatic heterocycles. The van der Waals surface area contributed by atoms with E-state index >= 15 is 0 Å². The highest BCUT2D eigenvalue weighted by molar-refractivity contribution is 6.03. The zero-order valence-electron chi connectivity index (χ0n) is 18.2. The lowest BCUT2D eigenvalue weighted by molar-refractivity contribution is 0.0449. The van der Waals surface area contributed by atoms with Crippen molar-refractivity contribution < 1.29 is 19.1 Å². The van der Waals surface area contributed by atoms with E-state index in [2.05, 4.69) is 27.7 Å². The number of hydrogen-bond donors (Lipinski definition) is 0. The summed E-state index contributed by atoms with van der Waals surface area (Å²) in [5, 5.41) is 0. The molecule has 0 radical (unpaired) electrons. The molecule has 0 fully saturated rings. The molecule has 158 valence electrons. The fourth-order valence-electron chi connectivity index (χ4n) is 3.00. The van der Waals surface area contributed by atoms with Gasteiger partial charge in [0.1, 0.15) is 0 Å². The van der Waals surface area contributed by atoms with Crippen LogP contribution in [-0.2, 0) is 9.47 Å². The predicted octanol–water partition coefficient (Wildman–Crippen LogP) is 6.43. The zero-order valence-corrected chi connectivity index (χ0v) is 18.2. The summed E-state index contributed by atoms with van der Waals surface area (Å²) >= 11 is 0. The van der Waals surface area contributed by atoms with Gasteiger partial charge in [0.25, 0.3) is 0 Å².